The lowest BCUT2D eigenvalue weighted by molar-refractivity contribution is 0.250. The quantitative estimate of drug-likeness (QED) is 0.523. The number of hydrogen-bond donors (Lipinski definition) is 0. The van der Waals surface area contributed by atoms with Crippen molar-refractivity contribution >= 4 is 0 Å². The molecule has 1 aliphatic carbocycles. The van der Waals surface area contributed by atoms with Crippen molar-refractivity contribution in [3.05, 3.63) is 48.1 Å². The zero-order valence-corrected chi connectivity index (χ0v) is 12.7. The molecule has 0 spiro atoms. The Bertz CT molecular complexity index is 414. The molecule has 1 saturated carbocycles. The molecule has 116 valence electrons. The van der Waals surface area contributed by atoms with Crippen LogP contribution in [0.2, 0.25) is 0 Å². The minimum atomic E-state index is -0.151. The molecule has 0 saturated heterocycles. The first kappa shape index (κ1) is 16.2. The monoisotopic (exact) mass is 292 g/mol. The molecule has 0 heterocycles. The third-order valence-corrected chi connectivity index (χ3v) is 4.79. The second-order valence-electron chi connectivity index (χ2n) is 6.34. The molecule has 0 radical (unpaired) electrons. The fourth-order valence-corrected chi connectivity index (χ4v) is 3.42. The van der Waals surface area contributed by atoms with Gasteiger partial charge in [-0.1, -0.05) is 50.3 Å². The first-order chi connectivity index (χ1) is 10.3. The zero-order chi connectivity index (χ0) is 14.9. The molecule has 0 aromatic heterocycles. The predicted molar refractivity (Wildman–Crippen MR) is 84.3 cm³/mol. The van der Waals surface area contributed by atoms with Gasteiger partial charge in [-0.3, -0.25) is 0 Å². The molecule has 0 N–H and O–H groups in total. The van der Waals surface area contributed by atoms with Gasteiger partial charge in [0.25, 0.3) is 0 Å². The summed E-state index contributed by atoms with van der Waals surface area (Å²) in [6, 6.07) is 6.91. The van der Waals surface area contributed by atoms with Crippen LogP contribution in [-0.4, -0.2) is 0 Å². The van der Waals surface area contributed by atoms with Gasteiger partial charge in [0.1, 0.15) is 5.82 Å². The molecule has 1 fully saturated rings. The van der Waals surface area contributed by atoms with Crippen molar-refractivity contribution in [3.63, 3.8) is 0 Å². The summed E-state index contributed by atoms with van der Waals surface area (Å²) in [5.41, 5.74) is 1.25. The number of rotatable bonds is 7. The second-order valence-corrected chi connectivity index (χ2v) is 6.34. The van der Waals surface area contributed by atoms with Gasteiger partial charge in [-0.05, 0) is 55.2 Å². The molecule has 1 aliphatic rings. The standard InChI is InChI=1S/C19H26F2/c20-15-3-1-2-4-16-5-7-17(8-6-16)9-10-18-11-13-19(21)14-12-18/h3,11-17H,1-2,4-10H2/b15-3+. The van der Waals surface area contributed by atoms with Crippen LogP contribution in [0, 0.1) is 17.7 Å². The van der Waals surface area contributed by atoms with Crippen LogP contribution >= 0.6 is 0 Å². The molecule has 2 heteroatoms. The fraction of sp³-hybridized carbons (Fsp3) is 0.579. The Morgan fingerprint density at radius 1 is 0.952 bits per heavy atom. The van der Waals surface area contributed by atoms with Crippen LogP contribution in [0.15, 0.2) is 36.7 Å². The largest absolute Gasteiger partial charge is 0.216 e. The van der Waals surface area contributed by atoms with Gasteiger partial charge in [-0.25, -0.2) is 8.78 Å². The summed E-state index contributed by atoms with van der Waals surface area (Å²) in [6.07, 6.45) is 13.1. The van der Waals surface area contributed by atoms with E-state index in [1.165, 1.54) is 44.1 Å². The molecule has 0 bridgehead atoms. The third kappa shape index (κ3) is 5.99. The first-order valence-electron chi connectivity index (χ1n) is 8.27. The number of hydrogen-bond acceptors (Lipinski definition) is 0. The highest BCUT2D eigenvalue weighted by atomic mass is 19.1. The SMILES string of the molecule is F/C=C/CCCC1CCC(CCc2ccc(F)cc2)CC1. The van der Waals surface area contributed by atoms with E-state index < -0.39 is 0 Å². The Morgan fingerprint density at radius 3 is 2.19 bits per heavy atom. The maximum absolute atomic E-state index is 12.8. The molecular formula is C19H26F2. The van der Waals surface area contributed by atoms with Gasteiger partial charge in [-0.2, -0.15) is 0 Å². The van der Waals surface area contributed by atoms with Crippen molar-refractivity contribution in [1.29, 1.82) is 0 Å². The third-order valence-electron chi connectivity index (χ3n) is 4.79. The Kier molecular flexibility index (Phi) is 6.91. The van der Waals surface area contributed by atoms with Crippen molar-refractivity contribution in [2.75, 3.05) is 0 Å². The van der Waals surface area contributed by atoms with E-state index in [4.69, 9.17) is 0 Å². The molecule has 2 rings (SSSR count). The molecule has 0 nitrogen and oxygen atoms in total. The van der Waals surface area contributed by atoms with Crippen LogP contribution in [-0.2, 0) is 6.42 Å². The Labute approximate surface area is 127 Å². The van der Waals surface area contributed by atoms with E-state index in [1.807, 2.05) is 12.1 Å². The van der Waals surface area contributed by atoms with E-state index in [2.05, 4.69) is 0 Å². The second kappa shape index (κ2) is 8.96. The lowest BCUT2D eigenvalue weighted by atomic mass is 9.78. The van der Waals surface area contributed by atoms with Gasteiger partial charge in [0.05, 0.1) is 6.33 Å². The summed E-state index contributed by atoms with van der Waals surface area (Å²) in [5.74, 6) is 1.53. The summed E-state index contributed by atoms with van der Waals surface area (Å²) in [5, 5.41) is 0. The summed E-state index contributed by atoms with van der Waals surface area (Å²) < 4.78 is 24.7. The lowest BCUT2D eigenvalue weighted by Crippen LogP contribution is -2.15. The molecule has 0 unspecified atom stereocenters. The Balaban J connectivity index is 1.61. The highest BCUT2D eigenvalue weighted by Gasteiger charge is 2.20. The van der Waals surface area contributed by atoms with Gasteiger partial charge in [-0.15, -0.1) is 0 Å². The Hall–Kier alpha value is -1.18. The van der Waals surface area contributed by atoms with E-state index >= 15 is 0 Å². The van der Waals surface area contributed by atoms with Crippen LogP contribution < -0.4 is 0 Å². The van der Waals surface area contributed by atoms with Crippen LogP contribution in [0.5, 0.6) is 0 Å². The average Bonchev–Trinajstić information content (AvgIpc) is 2.52. The van der Waals surface area contributed by atoms with E-state index in [-0.39, 0.29) is 5.82 Å². The van der Waals surface area contributed by atoms with E-state index in [0.29, 0.717) is 6.33 Å². The number of aryl methyl sites for hydroxylation is 1. The summed E-state index contributed by atoms with van der Waals surface area (Å²) in [4.78, 5) is 0. The number of allylic oxidation sites excluding steroid dienone is 1. The van der Waals surface area contributed by atoms with Crippen molar-refractivity contribution in [2.45, 2.75) is 57.8 Å². The molecule has 1 aromatic carbocycles. The molecule has 0 atom stereocenters. The summed E-state index contributed by atoms with van der Waals surface area (Å²) in [7, 11) is 0. The maximum atomic E-state index is 12.8. The Morgan fingerprint density at radius 2 is 1.57 bits per heavy atom. The fourth-order valence-electron chi connectivity index (χ4n) is 3.42. The van der Waals surface area contributed by atoms with Crippen LogP contribution in [0.1, 0.15) is 56.9 Å². The zero-order valence-electron chi connectivity index (χ0n) is 12.7. The highest BCUT2D eigenvalue weighted by molar-refractivity contribution is 5.16. The van der Waals surface area contributed by atoms with Crippen LogP contribution in [0.4, 0.5) is 8.78 Å². The predicted octanol–water partition coefficient (Wildman–Crippen LogP) is 6.22. The topological polar surface area (TPSA) is 0 Å². The minimum Gasteiger partial charge on any atom is -0.216 e. The van der Waals surface area contributed by atoms with Gasteiger partial charge < -0.3 is 0 Å². The molecule has 0 amide bonds. The molecule has 1 aromatic rings. The molecule has 0 aliphatic heterocycles. The first-order valence-corrected chi connectivity index (χ1v) is 8.27. The van der Waals surface area contributed by atoms with Crippen molar-refractivity contribution in [1.82, 2.24) is 0 Å². The number of benzene rings is 1. The van der Waals surface area contributed by atoms with Gasteiger partial charge >= 0.3 is 0 Å². The maximum Gasteiger partial charge on any atom is 0.123 e. The number of halogens is 2. The lowest BCUT2D eigenvalue weighted by Gasteiger charge is -2.28. The van der Waals surface area contributed by atoms with Gasteiger partial charge in [0.2, 0.25) is 0 Å². The van der Waals surface area contributed by atoms with Crippen LogP contribution in [0.3, 0.4) is 0 Å². The van der Waals surface area contributed by atoms with Gasteiger partial charge in [0, 0.05) is 0 Å². The van der Waals surface area contributed by atoms with E-state index in [1.54, 1.807) is 18.2 Å². The summed E-state index contributed by atoms with van der Waals surface area (Å²) in [6.45, 7) is 0. The number of unbranched alkanes of at least 4 members (excludes halogenated alkanes) is 1. The smallest absolute Gasteiger partial charge is 0.123 e. The van der Waals surface area contributed by atoms with Crippen LogP contribution in [0.25, 0.3) is 0 Å². The average molecular weight is 292 g/mol. The minimum absolute atomic E-state index is 0.151. The van der Waals surface area contributed by atoms with Crippen molar-refractivity contribution in [3.8, 4) is 0 Å². The normalized spacial score (nSPS) is 22.8. The van der Waals surface area contributed by atoms with E-state index in [0.717, 1.165) is 31.1 Å². The van der Waals surface area contributed by atoms with E-state index in [9.17, 15) is 8.78 Å². The highest BCUT2D eigenvalue weighted by Crippen LogP contribution is 2.34. The van der Waals surface area contributed by atoms with Crippen molar-refractivity contribution in [2.24, 2.45) is 11.8 Å². The molecular weight excluding hydrogens is 266 g/mol. The summed E-state index contributed by atoms with van der Waals surface area (Å²) >= 11 is 0. The molecule has 21 heavy (non-hydrogen) atoms. The van der Waals surface area contributed by atoms with Crippen molar-refractivity contribution < 1.29 is 8.78 Å². The van der Waals surface area contributed by atoms with Gasteiger partial charge in [0.15, 0.2) is 0 Å².